The number of rotatable bonds is 13. The van der Waals surface area contributed by atoms with Gasteiger partial charge in [-0.1, -0.05) is 36.2 Å². The molecule has 0 radical (unpaired) electrons. The van der Waals surface area contributed by atoms with Gasteiger partial charge in [-0.25, -0.2) is 12.8 Å². The predicted molar refractivity (Wildman–Crippen MR) is 158 cm³/mol. The highest BCUT2D eigenvalue weighted by Gasteiger charge is 2.32. The minimum Gasteiger partial charge on any atom is -0.494 e. The Labute approximate surface area is 250 Å². The monoisotopic (exact) mass is 623 g/mol. The first-order valence-electron chi connectivity index (χ1n) is 13.0. The second-order valence-corrected chi connectivity index (χ2v) is 11.8. The summed E-state index contributed by atoms with van der Waals surface area (Å²) in [6.45, 7) is 5.37. The topological polar surface area (TPSA) is 96.0 Å². The second kappa shape index (κ2) is 14.5. The van der Waals surface area contributed by atoms with Gasteiger partial charge >= 0.3 is 0 Å². The van der Waals surface area contributed by atoms with Crippen LogP contribution in [0, 0.1) is 5.82 Å². The molecule has 8 nitrogen and oxygen atoms in total. The molecule has 12 heteroatoms. The van der Waals surface area contributed by atoms with Crippen LogP contribution in [0.2, 0.25) is 10.0 Å². The minimum absolute atomic E-state index is 0.0448. The number of amides is 2. The number of halogens is 3. The number of nitrogens with one attached hydrogen (secondary N) is 1. The van der Waals surface area contributed by atoms with E-state index in [0.717, 1.165) is 16.4 Å². The van der Waals surface area contributed by atoms with Crippen molar-refractivity contribution in [3.8, 4) is 5.75 Å². The van der Waals surface area contributed by atoms with Crippen LogP contribution in [-0.2, 0) is 26.2 Å². The molecule has 3 aromatic rings. The highest BCUT2D eigenvalue weighted by molar-refractivity contribution is 7.92. The zero-order chi connectivity index (χ0) is 30.2. The second-order valence-electron chi connectivity index (χ2n) is 9.13. The van der Waals surface area contributed by atoms with Crippen LogP contribution in [0.15, 0.2) is 71.6 Å². The van der Waals surface area contributed by atoms with Crippen molar-refractivity contribution < 1.29 is 27.1 Å². The molecular weight excluding hydrogens is 592 g/mol. The summed E-state index contributed by atoms with van der Waals surface area (Å²) < 4.78 is 47.7. The van der Waals surface area contributed by atoms with E-state index in [0.29, 0.717) is 35.9 Å². The summed E-state index contributed by atoms with van der Waals surface area (Å²) in [5, 5.41) is 3.37. The average molecular weight is 625 g/mol. The van der Waals surface area contributed by atoms with Crippen LogP contribution in [-0.4, -0.2) is 50.9 Å². The van der Waals surface area contributed by atoms with Crippen molar-refractivity contribution in [2.75, 3.05) is 24.0 Å². The van der Waals surface area contributed by atoms with Gasteiger partial charge in [0.2, 0.25) is 11.8 Å². The zero-order valence-electron chi connectivity index (χ0n) is 22.9. The Morgan fingerprint density at radius 3 is 2.22 bits per heavy atom. The quantitative estimate of drug-likeness (QED) is 0.265. The maximum absolute atomic E-state index is 13.9. The van der Waals surface area contributed by atoms with Gasteiger partial charge in [0.1, 0.15) is 24.2 Å². The molecule has 1 N–H and O–H groups in total. The van der Waals surface area contributed by atoms with E-state index in [2.05, 4.69) is 5.32 Å². The molecule has 3 aromatic carbocycles. The number of anilines is 1. The van der Waals surface area contributed by atoms with Crippen molar-refractivity contribution in [3.05, 3.63) is 88.2 Å². The zero-order valence-corrected chi connectivity index (χ0v) is 25.3. The Morgan fingerprint density at radius 2 is 1.63 bits per heavy atom. The number of hydrogen-bond donors (Lipinski definition) is 1. The van der Waals surface area contributed by atoms with Gasteiger partial charge < -0.3 is 15.0 Å². The van der Waals surface area contributed by atoms with Crippen LogP contribution in [0.4, 0.5) is 10.1 Å². The molecule has 0 spiro atoms. The molecule has 0 aromatic heterocycles. The van der Waals surface area contributed by atoms with Crippen LogP contribution in [0.5, 0.6) is 5.75 Å². The van der Waals surface area contributed by atoms with Gasteiger partial charge in [-0.15, -0.1) is 0 Å². The summed E-state index contributed by atoms with van der Waals surface area (Å²) in [5.41, 5.74) is 0.664. The summed E-state index contributed by atoms with van der Waals surface area (Å²) in [7, 11) is -4.30. The Balaban J connectivity index is 2.02. The molecule has 0 fully saturated rings. The van der Waals surface area contributed by atoms with Gasteiger partial charge in [0.05, 0.1) is 27.2 Å². The van der Waals surface area contributed by atoms with Crippen molar-refractivity contribution in [2.24, 2.45) is 0 Å². The maximum Gasteiger partial charge on any atom is 0.264 e. The highest BCUT2D eigenvalue weighted by atomic mass is 35.5. The third kappa shape index (κ3) is 8.34. The number of hydrogen-bond acceptors (Lipinski definition) is 5. The molecule has 0 aliphatic rings. The lowest BCUT2D eigenvalue weighted by molar-refractivity contribution is -0.139. The first-order chi connectivity index (χ1) is 19.5. The molecule has 220 valence electrons. The number of nitrogens with zero attached hydrogens (tertiary/aromatic N) is 2. The number of ether oxygens (including phenoxy) is 1. The number of carbonyl (C=O) groups excluding carboxylic acids is 2. The summed E-state index contributed by atoms with van der Waals surface area (Å²) in [6.07, 6.45) is 0.692. The molecule has 0 aliphatic heterocycles. The summed E-state index contributed by atoms with van der Waals surface area (Å²) >= 11 is 12.2. The SMILES string of the molecule is CCCNC(=O)[C@H](C)N(Cc1ccc(Cl)c(Cl)c1)C(=O)CN(c1ccc(F)cc1)S(=O)(=O)c1ccc(OCC)cc1. The standard InChI is InChI=1S/C29H32Cl2FN3O5S/c1-4-16-33-29(37)20(3)34(18-21-6-15-26(30)27(31)17-21)28(36)19-35(23-9-7-22(32)8-10-23)41(38,39)25-13-11-24(12-14-25)40-5-2/h6-15,17,20H,4-5,16,18-19H2,1-3H3,(H,33,37)/t20-/m0/s1. The average Bonchev–Trinajstić information content (AvgIpc) is 2.95. The summed E-state index contributed by atoms with van der Waals surface area (Å²) in [6, 6.07) is 14.4. The lowest BCUT2D eigenvalue weighted by Crippen LogP contribution is -2.51. The van der Waals surface area contributed by atoms with Crippen molar-refractivity contribution in [1.82, 2.24) is 10.2 Å². The van der Waals surface area contributed by atoms with Crippen LogP contribution in [0.1, 0.15) is 32.8 Å². The molecular formula is C29H32Cl2FN3O5S. The molecule has 0 bridgehead atoms. The Hall–Kier alpha value is -3.34. The number of carbonyl (C=O) groups is 2. The van der Waals surface area contributed by atoms with Crippen molar-refractivity contribution in [3.63, 3.8) is 0 Å². The fourth-order valence-electron chi connectivity index (χ4n) is 3.95. The maximum atomic E-state index is 13.9. The van der Waals surface area contributed by atoms with Crippen LogP contribution in [0.3, 0.4) is 0 Å². The van der Waals surface area contributed by atoms with Gasteiger partial charge in [-0.05, 0) is 86.5 Å². The van der Waals surface area contributed by atoms with E-state index in [1.807, 2.05) is 6.92 Å². The molecule has 0 aliphatic carbocycles. The van der Waals surface area contributed by atoms with E-state index in [9.17, 15) is 22.4 Å². The van der Waals surface area contributed by atoms with E-state index in [1.165, 1.54) is 41.3 Å². The van der Waals surface area contributed by atoms with Crippen LogP contribution < -0.4 is 14.4 Å². The molecule has 0 saturated heterocycles. The van der Waals surface area contributed by atoms with Crippen LogP contribution >= 0.6 is 23.2 Å². The van der Waals surface area contributed by atoms with Crippen molar-refractivity contribution >= 4 is 50.7 Å². The van der Waals surface area contributed by atoms with Crippen molar-refractivity contribution in [2.45, 2.75) is 44.7 Å². The van der Waals surface area contributed by atoms with E-state index < -0.39 is 40.2 Å². The van der Waals surface area contributed by atoms with Gasteiger partial charge in [-0.2, -0.15) is 0 Å². The molecule has 2 amide bonds. The predicted octanol–water partition coefficient (Wildman–Crippen LogP) is 5.67. The fourth-order valence-corrected chi connectivity index (χ4v) is 5.69. The first-order valence-corrected chi connectivity index (χ1v) is 15.2. The van der Waals surface area contributed by atoms with Gasteiger partial charge in [-0.3, -0.25) is 13.9 Å². The largest absolute Gasteiger partial charge is 0.494 e. The Bertz CT molecular complexity index is 1450. The van der Waals surface area contributed by atoms with E-state index >= 15 is 0 Å². The minimum atomic E-state index is -4.30. The number of sulfonamides is 1. The smallest absolute Gasteiger partial charge is 0.264 e. The Kier molecular flexibility index (Phi) is 11.4. The van der Waals surface area contributed by atoms with E-state index in [1.54, 1.807) is 32.0 Å². The van der Waals surface area contributed by atoms with Gasteiger partial charge in [0.15, 0.2) is 0 Å². The third-order valence-corrected chi connectivity index (χ3v) is 8.70. The molecule has 3 rings (SSSR count). The highest BCUT2D eigenvalue weighted by Crippen LogP contribution is 2.27. The molecule has 0 unspecified atom stereocenters. The molecule has 0 heterocycles. The van der Waals surface area contributed by atoms with Crippen LogP contribution in [0.25, 0.3) is 0 Å². The van der Waals surface area contributed by atoms with Gasteiger partial charge in [0.25, 0.3) is 10.0 Å². The lowest BCUT2D eigenvalue weighted by atomic mass is 10.1. The summed E-state index contributed by atoms with van der Waals surface area (Å²) in [5.74, 6) is -1.14. The molecule has 41 heavy (non-hydrogen) atoms. The molecule has 1 atom stereocenters. The first kappa shape index (κ1) is 32.2. The van der Waals surface area contributed by atoms with E-state index in [4.69, 9.17) is 27.9 Å². The van der Waals surface area contributed by atoms with E-state index in [-0.39, 0.29) is 22.2 Å². The third-order valence-electron chi connectivity index (χ3n) is 6.17. The normalized spacial score (nSPS) is 12.0. The fraction of sp³-hybridized carbons (Fsp3) is 0.310. The van der Waals surface area contributed by atoms with Crippen molar-refractivity contribution in [1.29, 1.82) is 0 Å². The Morgan fingerprint density at radius 1 is 0.976 bits per heavy atom. The van der Waals surface area contributed by atoms with Gasteiger partial charge in [0, 0.05) is 13.1 Å². The lowest BCUT2D eigenvalue weighted by Gasteiger charge is -2.32. The summed E-state index contributed by atoms with van der Waals surface area (Å²) in [4.78, 5) is 28.0. The number of benzene rings is 3. The molecule has 0 saturated carbocycles.